The number of rotatable bonds is 2. The molecule has 1 radical (unpaired) electrons. The largest absolute Gasteiger partial charge is 2.00 e. The van der Waals surface area contributed by atoms with Crippen LogP contribution in [-0.4, -0.2) is 12.5 Å². The van der Waals surface area contributed by atoms with Crippen molar-refractivity contribution in [3.8, 4) is 0 Å². The van der Waals surface area contributed by atoms with Gasteiger partial charge in [-0.15, -0.1) is 0 Å². The normalized spacial score (nSPS) is 13.6. The molecule has 0 saturated carbocycles. The van der Waals surface area contributed by atoms with Crippen LogP contribution in [0.5, 0.6) is 0 Å². The van der Waals surface area contributed by atoms with Crippen molar-refractivity contribution in [3.63, 3.8) is 0 Å². The molecule has 4 N–H and O–H groups in total. The molecule has 0 fully saturated rings. The maximum atomic E-state index is 9.67. The molecule has 0 aliphatic rings. The van der Waals surface area contributed by atoms with Crippen LogP contribution in [0, 0.1) is 0 Å². The molecule has 0 heterocycles. The molecule has 0 rings (SSSR count). The van der Waals surface area contributed by atoms with Gasteiger partial charge in [0, 0.05) is 0 Å². The zero-order valence-corrected chi connectivity index (χ0v) is 7.78. The summed E-state index contributed by atoms with van der Waals surface area (Å²) in [5, 5.41) is 19.3. The third-order valence-electron chi connectivity index (χ3n) is 0.805. The molecule has 2 unspecified atom stereocenters. The van der Waals surface area contributed by atoms with E-state index in [1.807, 2.05) is 0 Å². The monoisotopic (exact) mass is 211 g/mol. The Balaban J connectivity index is -0.000000107. The summed E-state index contributed by atoms with van der Waals surface area (Å²) in [6.45, 7) is 3.52. The van der Waals surface area contributed by atoms with Crippen LogP contribution in [0.3, 0.4) is 0 Å². The summed E-state index contributed by atoms with van der Waals surface area (Å²) in [7, 11) is 0. The first-order valence-electron chi connectivity index (χ1n) is 3.37. The van der Waals surface area contributed by atoms with E-state index < -0.39 is 12.5 Å². The molecule has 0 aromatic rings. The van der Waals surface area contributed by atoms with Gasteiger partial charge in [0.2, 0.25) is 0 Å². The van der Waals surface area contributed by atoms with Crippen LogP contribution >= 0.6 is 0 Å². The van der Waals surface area contributed by atoms with Crippen LogP contribution < -0.4 is 21.7 Å². The molecule has 0 aromatic heterocycles. The van der Waals surface area contributed by atoms with Crippen molar-refractivity contribution in [2.45, 2.75) is 39.1 Å². The molecule has 73 valence electrons. The van der Waals surface area contributed by atoms with Crippen LogP contribution in [0.2, 0.25) is 0 Å². The molecule has 0 bridgehead atoms. The zero-order chi connectivity index (χ0) is 8.57. The summed E-state index contributed by atoms with van der Waals surface area (Å²) in [5.74, 6) is 0. The third-order valence-corrected chi connectivity index (χ3v) is 0.805. The Hall–Kier alpha value is 0.359. The Bertz CT molecular complexity index is 54.5. The van der Waals surface area contributed by atoms with Crippen molar-refractivity contribution in [3.05, 3.63) is 0 Å². The first-order chi connectivity index (χ1) is 4.54. The minimum atomic E-state index is -0.866. The van der Waals surface area contributed by atoms with Crippen molar-refractivity contribution in [2.75, 3.05) is 0 Å². The van der Waals surface area contributed by atoms with Gasteiger partial charge in [0.15, 0.2) is 0 Å². The molecule has 0 aliphatic heterocycles. The molecule has 0 aliphatic carbocycles. The van der Waals surface area contributed by atoms with Gasteiger partial charge in [-0.2, -0.15) is 0 Å². The summed E-state index contributed by atoms with van der Waals surface area (Å²) in [6, 6.07) is 0. The molecule has 0 spiro atoms. The standard InChI is InChI=1S/2C3H8NO.Cu/c2*1-2-3(4)5;/h2*3H,2,4H2,1H3;/q2*-1;+2. The van der Waals surface area contributed by atoms with Gasteiger partial charge in [0.25, 0.3) is 0 Å². The SMILES string of the molecule is CCC(N)[O-].CCC(N)[O-].[Cu+2]. The quantitative estimate of drug-likeness (QED) is 0.411. The Kier molecular flexibility index (Phi) is 20.6. The molecule has 0 aromatic carbocycles. The van der Waals surface area contributed by atoms with E-state index in [0.29, 0.717) is 12.8 Å². The van der Waals surface area contributed by atoms with E-state index in [0.717, 1.165) is 0 Å². The molecular weight excluding hydrogens is 196 g/mol. The van der Waals surface area contributed by atoms with E-state index in [4.69, 9.17) is 11.5 Å². The van der Waals surface area contributed by atoms with Crippen molar-refractivity contribution in [1.29, 1.82) is 0 Å². The summed E-state index contributed by atoms with van der Waals surface area (Å²) in [5.41, 5.74) is 9.47. The first kappa shape index (κ1) is 17.4. The number of nitrogens with two attached hydrogens (primary N) is 2. The van der Waals surface area contributed by atoms with E-state index in [1.54, 1.807) is 13.8 Å². The maximum Gasteiger partial charge on any atom is 2.00 e. The van der Waals surface area contributed by atoms with E-state index in [2.05, 4.69) is 0 Å². The fraction of sp³-hybridized carbons (Fsp3) is 1.00. The average Bonchev–Trinajstić information content (AvgIpc) is 1.89. The van der Waals surface area contributed by atoms with Crippen molar-refractivity contribution < 1.29 is 27.3 Å². The van der Waals surface area contributed by atoms with Gasteiger partial charge in [0.1, 0.15) is 0 Å². The Morgan fingerprint density at radius 1 is 1.00 bits per heavy atom. The summed E-state index contributed by atoms with van der Waals surface area (Å²) in [4.78, 5) is 0. The van der Waals surface area contributed by atoms with Gasteiger partial charge in [0.05, 0.1) is 0 Å². The van der Waals surface area contributed by atoms with Crippen LogP contribution in [-0.2, 0) is 17.1 Å². The van der Waals surface area contributed by atoms with Crippen LogP contribution in [0.25, 0.3) is 0 Å². The minimum absolute atomic E-state index is 0. The van der Waals surface area contributed by atoms with E-state index in [9.17, 15) is 10.2 Å². The molecule has 0 saturated heterocycles. The van der Waals surface area contributed by atoms with E-state index in [-0.39, 0.29) is 17.1 Å². The molecule has 11 heavy (non-hydrogen) atoms. The zero-order valence-electron chi connectivity index (χ0n) is 6.84. The van der Waals surface area contributed by atoms with Crippen LogP contribution in [0.15, 0.2) is 0 Å². The molecule has 2 atom stereocenters. The van der Waals surface area contributed by atoms with Gasteiger partial charge in [-0.25, -0.2) is 0 Å². The predicted molar refractivity (Wildman–Crippen MR) is 36.5 cm³/mol. The Labute approximate surface area is 78.4 Å². The fourth-order valence-corrected chi connectivity index (χ4v) is 0. The Morgan fingerprint density at radius 2 is 1.09 bits per heavy atom. The van der Waals surface area contributed by atoms with Crippen molar-refractivity contribution in [1.82, 2.24) is 0 Å². The number of hydrogen-bond donors (Lipinski definition) is 2. The van der Waals surface area contributed by atoms with Gasteiger partial charge in [-0.3, -0.25) is 0 Å². The van der Waals surface area contributed by atoms with Crippen molar-refractivity contribution >= 4 is 0 Å². The summed E-state index contributed by atoms with van der Waals surface area (Å²) < 4.78 is 0. The molecular formula is C6H16CuN2O2. The molecule has 4 nitrogen and oxygen atoms in total. The van der Waals surface area contributed by atoms with Gasteiger partial charge >= 0.3 is 17.1 Å². The van der Waals surface area contributed by atoms with Gasteiger partial charge in [-0.1, -0.05) is 39.1 Å². The second-order valence-corrected chi connectivity index (χ2v) is 1.89. The smallest absolute Gasteiger partial charge is 0.841 e. The van der Waals surface area contributed by atoms with E-state index >= 15 is 0 Å². The minimum Gasteiger partial charge on any atom is -0.841 e. The van der Waals surface area contributed by atoms with Crippen molar-refractivity contribution in [2.24, 2.45) is 11.5 Å². The summed E-state index contributed by atoms with van der Waals surface area (Å²) >= 11 is 0. The molecule has 5 heteroatoms. The summed E-state index contributed by atoms with van der Waals surface area (Å²) in [6.07, 6.45) is -0.676. The topological polar surface area (TPSA) is 98.2 Å². The second kappa shape index (κ2) is 13.0. The second-order valence-electron chi connectivity index (χ2n) is 1.89. The van der Waals surface area contributed by atoms with Crippen LogP contribution in [0.4, 0.5) is 0 Å². The average molecular weight is 212 g/mol. The number of hydrogen-bond acceptors (Lipinski definition) is 4. The fourth-order valence-electron chi connectivity index (χ4n) is 0. The third kappa shape index (κ3) is 38.1. The first-order valence-corrected chi connectivity index (χ1v) is 3.37. The maximum absolute atomic E-state index is 9.67. The Morgan fingerprint density at radius 3 is 1.09 bits per heavy atom. The predicted octanol–water partition coefficient (Wildman–Crippen LogP) is -1.92. The van der Waals surface area contributed by atoms with Crippen LogP contribution in [0.1, 0.15) is 26.7 Å². The van der Waals surface area contributed by atoms with E-state index in [1.165, 1.54) is 0 Å². The van der Waals surface area contributed by atoms with Gasteiger partial charge in [-0.05, 0) is 0 Å². The molecule has 0 amide bonds. The van der Waals surface area contributed by atoms with Gasteiger partial charge < -0.3 is 21.7 Å².